The Bertz CT molecular complexity index is 888. The van der Waals surface area contributed by atoms with E-state index in [2.05, 4.69) is 95.4 Å². The van der Waals surface area contributed by atoms with Crippen LogP contribution < -0.4 is 5.19 Å². The fourth-order valence-corrected chi connectivity index (χ4v) is 4.99. The number of benzene rings is 2. The Labute approximate surface area is 159 Å². The molecule has 3 rings (SSSR count). The van der Waals surface area contributed by atoms with Crippen molar-refractivity contribution in [2.24, 2.45) is 0 Å². The minimum absolute atomic E-state index is 0.351. The predicted molar refractivity (Wildman–Crippen MR) is 117 cm³/mol. The molecule has 0 bridgehead atoms. The molecule has 1 heterocycles. The molecule has 1 aromatic heterocycles. The van der Waals surface area contributed by atoms with Gasteiger partial charge in [-0.05, 0) is 29.2 Å². The first-order valence-electron chi connectivity index (χ1n) is 9.33. The van der Waals surface area contributed by atoms with Gasteiger partial charge in [-0.25, -0.2) is 0 Å². The molecule has 0 saturated heterocycles. The number of rotatable bonds is 3. The van der Waals surface area contributed by atoms with Gasteiger partial charge >= 0.3 is 0 Å². The number of hydrogen-bond acceptors (Lipinski definition) is 1. The highest BCUT2D eigenvalue weighted by Gasteiger charge is 2.36. The smallest absolute Gasteiger partial charge is 0.0859 e. The van der Waals surface area contributed by atoms with Gasteiger partial charge in [-0.15, -0.1) is 0 Å². The quantitative estimate of drug-likeness (QED) is 0.490. The van der Waals surface area contributed by atoms with Crippen LogP contribution in [0.3, 0.4) is 0 Å². The van der Waals surface area contributed by atoms with E-state index >= 15 is 0 Å². The average molecular weight is 360 g/mol. The Balaban J connectivity index is 1.93. The molecular formula is C24H29NSi. The van der Waals surface area contributed by atoms with E-state index in [0.29, 0.717) is 5.04 Å². The SMILES string of the molecule is Cc1cc(-c2ccccc2)ncc1-c1ccc([Si](C)(C)C(C)(C)C)cc1. The molecule has 2 heteroatoms. The first kappa shape index (κ1) is 18.6. The van der Waals surface area contributed by atoms with Crippen molar-refractivity contribution in [2.75, 3.05) is 0 Å². The summed E-state index contributed by atoms with van der Waals surface area (Å²) in [4.78, 5) is 4.71. The van der Waals surface area contributed by atoms with Crippen LogP contribution in [-0.4, -0.2) is 13.1 Å². The summed E-state index contributed by atoms with van der Waals surface area (Å²) >= 11 is 0. The summed E-state index contributed by atoms with van der Waals surface area (Å²) in [6.07, 6.45) is 2.01. The zero-order chi connectivity index (χ0) is 18.9. The van der Waals surface area contributed by atoms with Crippen molar-refractivity contribution in [3.63, 3.8) is 0 Å². The monoisotopic (exact) mass is 359 g/mol. The summed E-state index contributed by atoms with van der Waals surface area (Å²) in [5.41, 5.74) is 5.92. The lowest BCUT2D eigenvalue weighted by Gasteiger charge is -2.37. The zero-order valence-electron chi connectivity index (χ0n) is 16.8. The van der Waals surface area contributed by atoms with Crippen molar-refractivity contribution < 1.29 is 0 Å². The first-order valence-corrected chi connectivity index (χ1v) is 12.3. The van der Waals surface area contributed by atoms with Gasteiger partial charge in [0.1, 0.15) is 0 Å². The second kappa shape index (κ2) is 6.84. The molecule has 0 aliphatic rings. The third kappa shape index (κ3) is 3.52. The van der Waals surface area contributed by atoms with Crippen LogP contribution in [0.5, 0.6) is 0 Å². The van der Waals surface area contributed by atoms with Gasteiger partial charge in [-0.2, -0.15) is 0 Å². The zero-order valence-corrected chi connectivity index (χ0v) is 17.8. The van der Waals surface area contributed by atoms with Crippen LogP contribution in [0, 0.1) is 6.92 Å². The standard InChI is InChI=1S/C24H29NSi/c1-18-16-23(20-10-8-7-9-11-20)25-17-22(18)19-12-14-21(15-13-19)26(5,6)24(2,3)4/h7-17H,1-6H3. The Hall–Kier alpha value is -2.19. The molecule has 0 aliphatic carbocycles. The van der Waals surface area contributed by atoms with Crippen LogP contribution in [0.2, 0.25) is 18.1 Å². The van der Waals surface area contributed by atoms with E-state index in [0.717, 1.165) is 11.3 Å². The molecule has 0 aliphatic heterocycles. The first-order chi connectivity index (χ1) is 12.2. The predicted octanol–water partition coefficient (Wildman–Crippen LogP) is 6.44. The van der Waals surface area contributed by atoms with Crippen molar-refractivity contribution in [1.82, 2.24) is 4.98 Å². The van der Waals surface area contributed by atoms with E-state index in [1.54, 1.807) is 0 Å². The largest absolute Gasteiger partial charge is 0.256 e. The lowest BCUT2D eigenvalue weighted by molar-refractivity contribution is 0.729. The van der Waals surface area contributed by atoms with E-state index in [4.69, 9.17) is 4.98 Å². The van der Waals surface area contributed by atoms with Crippen molar-refractivity contribution in [3.8, 4) is 22.4 Å². The molecule has 0 saturated carbocycles. The van der Waals surface area contributed by atoms with Crippen molar-refractivity contribution >= 4 is 13.3 Å². The third-order valence-electron chi connectivity index (χ3n) is 5.97. The Kier molecular flexibility index (Phi) is 4.89. The van der Waals surface area contributed by atoms with Crippen LogP contribution in [-0.2, 0) is 0 Å². The molecule has 0 radical (unpaired) electrons. The summed E-state index contributed by atoms with van der Waals surface area (Å²) in [6.45, 7) is 14.2. The van der Waals surface area contributed by atoms with Crippen molar-refractivity contribution in [3.05, 3.63) is 72.4 Å². The van der Waals surface area contributed by atoms with E-state index in [1.165, 1.54) is 21.9 Å². The van der Waals surface area contributed by atoms with Crippen LogP contribution in [0.4, 0.5) is 0 Å². The number of aromatic nitrogens is 1. The molecule has 26 heavy (non-hydrogen) atoms. The van der Waals surface area contributed by atoms with E-state index in [1.807, 2.05) is 12.3 Å². The Morgan fingerprint density at radius 3 is 1.96 bits per heavy atom. The highest BCUT2D eigenvalue weighted by atomic mass is 28.3. The van der Waals surface area contributed by atoms with E-state index in [-0.39, 0.29) is 0 Å². The van der Waals surface area contributed by atoms with Gasteiger partial charge in [-0.3, -0.25) is 4.98 Å². The van der Waals surface area contributed by atoms with Crippen LogP contribution in [0.15, 0.2) is 66.9 Å². The van der Waals surface area contributed by atoms with Gasteiger partial charge in [0.15, 0.2) is 0 Å². The fraction of sp³-hybridized carbons (Fsp3) is 0.292. The van der Waals surface area contributed by atoms with Crippen molar-refractivity contribution in [2.45, 2.75) is 45.8 Å². The number of nitrogens with zero attached hydrogens (tertiary/aromatic N) is 1. The summed E-state index contributed by atoms with van der Waals surface area (Å²) in [5.74, 6) is 0. The summed E-state index contributed by atoms with van der Waals surface area (Å²) in [6, 6.07) is 21.7. The highest BCUT2D eigenvalue weighted by Crippen LogP contribution is 2.36. The van der Waals surface area contributed by atoms with E-state index in [9.17, 15) is 0 Å². The van der Waals surface area contributed by atoms with Crippen LogP contribution in [0.25, 0.3) is 22.4 Å². The molecule has 0 unspecified atom stereocenters. The molecule has 0 amide bonds. The molecular weight excluding hydrogens is 330 g/mol. The maximum atomic E-state index is 4.71. The molecule has 2 aromatic carbocycles. The Morgan fingerprint density at radius 1 is 0.808 bits per heavy atom. The molecule has 3 aromatic rings. The number of hydrogen-bond donors (Lipinski definition) is 0. The van der Waals surface area contributed by atoms with Crippen molar-refractivity contribution in [1.29, 1.82) is 0 Å². The molecule has 0 atom stereocenters. The molecule has 0 N–H and O–H groups in total. The summed E-state index contributed by atoms with van der Waals surface area (Å²) < 4.78 is 0. The number of aryl methyl sites for hydroxylation is 1. The van der Waals surface area contributed by atoms with Gasteiger partial charge in [0.05, 0.1) is 13.8 Å². The van der Waals surface area contributed by atoms with Crippen LogP contribution >= 0.6 is 0 Å². The van der Waals surface area contributed by atoms with Gasteiger partial charge in [0.2, 0.25) is 0 Å². The maximum absolute atomic E-state index is 4.71. The van der Waals surface area contributed by atoms with Crippen LogP contribution in [0.1, 0.15) is 26.3 Å². The molecule has 134 valence electrons. The normalized spacial score (nSPS) is 12.2. The Morgan fingerprint density at radius 2 is 1.42 bits per heavy atom. The molecule has 0 fully saturated rings. The topological polar surface area (TPSA) is 12.9 Å². The minimum atomic E-state index is -1.49. The maximum Gasteiger partial charge on any atom is 0.0859 e. The second-order valence-electron chi connectivity index (χ2n) is 8.70. The average Bonchev–Trinajstić information content (AvgIpc) is 2.61. The van der Waals surface area contributed by atoms with Gasteiger partial charge in [0, 0.05) is 17.3 Å². The second-order valence-corrected chi connectivity index (χ2v) is 14.0. The summed E-state index contributed by atoms with van der Waals surface area (Å²) in [5, 5.41) is 1.86. The van der Waals surface area contributed by atoms with Gasteiger partial charge in [0.25, 0.3) is 0 Å². The molecule has 1 nitrogen and oxygen atoms in total. The third-order valence-corrected chi connectivity index (χ3v) is 11.5. The van der Waals surface area contributed by atoms with Gasteiger partial charge < -0.3 is 0 Å². The molecule has 0 spiro atoms. The fourth-order valence-electron chi connectivity index (χ4n) is 3.12. The minimum Gasteiger partial charge on any atom is -0.256 e. The highest BCUT2D eigenvalue weighted by molar-refractivity contribution is 6.92. The van der Waals surface area contributed by atoms with E-state index < -0.39 is 8.07 Å². The summed E-state index contributed by atoms with van der Waals surface area (Å²) in [7, 11) is -1.49. The van der Waals surface area contributed by atoms with Gasteiger partial charge in [-0.1, -0.05) is 93.6 Å². The lowest BCUT2D eigenvalue weighted by atomic mass is 10.0. The number of pyridine rings is 1. The lowest BCUT2D eigenvalue weighted by Crippen LogP contribution is -2.49.